The Kier molecular flexibility index (Phi) is 6.02. The topological polar surface area (TPSA) is 113 Å². The first-order valence-corrected chi connectivity index (χ1v) is 8.96. The maximum Gasteiger partial charge on any atom is 0.270 e. The molecule has 0 atom stereocenters. The van der Waals surface area contributed by atoms with E-state index in [4.69, 9.17) is 11.6 Å². The van der Waals surface area contributed by atoms with Crippen LogP contribution in [0.4, 0.5) is 17.2 Å². The Labute approximate surface area is 160 Å². The number of rotatable bonds is 7. The minimum absolute atomic E-state index is 0.0406. The lowest BCUT2D eigenvalue weighted by Gasteiger charge is -2.17. The van der Waals surface area contributed by atoms with Crippen molar-refractivity contribution in [1.29, 1.82) is 0 Å². The second kappa shape index (κ2) is 8.63. The molecule has 10 heteroatoms. The molecule has 1 aromatic heterocycles. The van der Waals surface area contributed by atoms with Crippen molar-refractivity contribution in [3.63, 3.8) is 0 Å². The van der Waals surface area contributed by atoms with E-state index in [0.29, 0.717) is 18.9 Å². The Morgan fingerprint density at radius 3 is 2.74 bits per heavy atom. The van der Waals surface area contributed by atoms with E-state index in [9.17, 15) is 14.9 Å². The van der Waals surface area contributed by atoms with Crippen LogP contribution in [0.3, 0.4) is 0 Å². The lowest BCUT2D eigenvalue weighted by Crippen LogP contribution is -2.29. The van der Waals surface area contributed by atoms with E-state index in [0.717, 1.165) is 24.8 Å². The van der Waals surface area contributed by atoms with Crippen LogP contribution in [0.1, 0.15) is 23.2 Å². The number of nitro groups is 1. The number of nitrogens with one attached hydrogen (secondary N) is 2. The number of nitro benzene ring substituents is 1. The van der Waals surface area contributed by atoms with Gasteiger partial charge in [-0.2, -0.15) is 5.10 Å². The first kappa shape index (κ1) is 18.8. The van der Waals surface area contributed by atoms with Gasteiger partial charge in [0.1, 0.15) is 0 Å². The maximum atomic E-state index is 12.2. The van der Waals surface area contributed by atoms with Gasteiger partial charge in [0.25, 0.3) is 11.6 Å². The highest BCUT2D eigenvalue weighted by Crippen LogP contribution is 2.22. The predicted octanol–water partition coefficient (Wildman–Crippen LogP) is 2.48. The van der Waals surface area contributed by atoms with Crippen LogP contribution >= 0.6 is 11.6 Å². The van der Waals surface area contributed by atoms with Crippen LogP contribution in [-0.4, -0.2) is 47.2 Å². The van der Waals surface area contributed by atoms with Crippen LogP contribution < -0.4 is 15.5 Å². The SMILES string of the molecule is O=C(NCCNc1cc(N2CCCC2)cnn1)c1ccc([N+](=O)[O-])cc1Cl. The number of hydrogen-bond acceptors (Lipinski definition) is 7. The van der Waals surface area contributed by atoms with Crippen LogP contribution in [0.2, 0.25) is 5.02 Å². The van der Waals surface area contributed by atoms with Crippen molar-refractivity contribution >= 4 is 34.7 Å². The Balaban J connectivity index is 1.49. The molecule has 2 heterocycles. The number of anilines is 2. The molecule has 0 unspecified atom stereocenters. The molecule has 0 saturated carbocycles. The molecule has 2 aromatic rings. The first-order valence-electron chi connectivity index (χ1n) is 8.58. The van der Waals surface area contributed by atoms with Crippen molar-refractivity contribution in [2.75, 3.05) is 36.4 Å². The maximum absolute atomic E-state index is 12.2. The highest BCUT2D eigenvalue weighted by molar-refractivity contribution is 6.34. The lowest BCUT2D eigenvalue weighted by atomic mass is 10.2. The summed E-state index contributed by atoms with van der Waals surface area (Å²) in [6, 6.07) is 5.69. The summed E-state index contributed by atoms with van der Waals surface area (Å²) in [5.74, 6) is 0.246. The molecule has 27 heavy (non-hydrogen) atoms. The van der Waals surface area contributed by atoms with Gasteiger partial charge in [0.15, 0.2) is 5.82 Å². The van der Waals surface area contributed by atoms with E-state index in [2.05, 4.69) is 25.7 Å². The third-order valence-electron chi connectivity index (χ3n) is 4.24. The number of hydrogen-bond donors (Lipinski definition) is 2. The average molecular weight is 391 g/mol. The molecule has 142 valence electrons. The number of nitrogens with zero attached hydrogens (tertiary/aromatic N) is 4. The van der Waals surface area contributed by atoms with Gasteiger partial charge < -0.3 is 15.5 Å². The average Bonchev–Trinajstić information content (AvgIpc) is 3.20. The summed E-state index contributed by atoms with van der Waals surface area (Å²) < 4.78 is 0. The number of carbonyl (C=O) groups excluding carboxylic acids is 1. The molecule has 0 bridgehead atoms. The Bertz CT molecular complexity index is 841. The zero-order valence-electron chi connectivity index (χ0n) is 14.5. The zero-order chi connectivity index (χ0) is 19.2. The molecule has 1 aromatic carbocycles. The number of aromatic nitrogens is 2. The van der Waals surface area contributed by atoms with Crippen molar-refractivity contribution in [3.05, 3.63) is 51.2 Å². The van der Waals surface area contributed by atoms with Gasteiger partial charge in [0, 0.05) is 44.4 Å². The lowest BCUT2D eigenvalue weighted by molar-refractivity contribution is -0.384. The van der Waals surface area contributed by atoms with Crippen molar-refractivity contribution in [1.82, 2.24) is 15.5 Å². The molecule has 1 aliphatic rings. The molecular weight excluding hydrogens is 372 g/mol. The van der Waals surface area contributed by atoms with E-state index < -0.39 is 10.8 Å². The monoisotopic (exact) mass is 390 g/mol. The fourth-order valence-electron chi connectivity index (χ4n) is 2.85. The minimum Gasteiger partial charge on any atom is -0.370 e. The van der Waals surface area contributed by atoms with Crippen LogP contribution in [0.25, 0.3) is 0 Å². The fraction of sp³-hybridized carbons (Fsp3) is 0.353. The summed E-state index contributed by atoms with van der Waals surface area (Å²) in [6.07, 6.45) is 4.11. The van der Waals surface area contributed by atoms with Gasteiger partial charge in [-0.05, 0) is 18.9 Å². The molecule has 1 fully saturated rings. The third-order valence-corrected chi connectivity index (χ3v) is 4.55. The van der Waals surface area contributed by atoms with Gasteiger partial charge in [-0.1, -0.05) is 11.6 Å². The minimum atomic E-state index is -0.561. The molecule has 1 amide bonds. The summed E-state index contributed by atoms with van der Waals surface area (Å²) in [5, 5.41) is 24.6. The van der Waals surface area contributed by atoms with E-state index >= 15 is 0 Å². The highest BCUT2D eigenvalue weighted by Gasteiger charge is 2.15. The smallest absolute Gasteiger partial charge is 0.270 e. The second-order valence-electron chi connectivity index (χ2n) is 6.10. The number of benzene rings is 1. The van der Waals surface area contributed by atoms with Crippen molar-refractivity contribution < 1.29 is 9.72 Å². The normalized spacial score (nSPS) is 13.4. The summed E-state index contributed by atoms with van der Waals surface area (Å²) in [6.45, 7) is 2.84. The van der Waals surface area contributed by atoms with E-state index in [1.165, 1.54) is 25.0 Å². The molecule has 0 spiro atoms. The number of non-ortho nitro benzene ring substituents is 1. The molecule has 2 N–H and O–H groups in total. The quantitative estimate of drug-likeness (QED) is 0.424. The van der Waals surface area contributed by atoms with Gasteiger partial charge >= 0.3 is 0 Å². The van der Waals surface area contributed by atoms with Gasteiger partial charge in [0.2, 0.25) is 0 Å². The van der Waals surface area contributed by atoms with Crippen LogP contribution in [0.15, 0.2) is 30.5 Å². The Morgan fingerprint density at radius 2 is 2.04 bits per heavy atom. The summed E-state index contributed by atoms with van der Waals surface area (Å²) in [4.78, 5) is 24.6. The molecule has 9 nitrogen and oxygen atoms in total. The second-order valence-corrected chi connectivity index (χ2v) is 6.50. The number of amides is 1. The van der Waals surface area contributed by atoms with E-state index in [-0.39, 0.29) is 16.3 Å². The molecule has 1 aliphatic heterocycles. The van der Waals surface area contributed by atoms with Crippen LogP contribution in [0, 0.1) is 10.1 Å². The number of carbonyl (C=O) groups is 1. The third kappa shape index (κ3) is 4.82. The van der Waals surface area contributed by atoms with Gasteiger partial charge in [-0.25, -0.2) is 0 Å². The number of halogens is 1. The summed E-state index contributed by atoms with van der Waals surface area (Å²) >= 11 is 5.95. The van der Waals surface area contributed by atoms with Crippen molar-refractivity contribution in [2.45, 2.75) is 12.8 Å². The molecule has 1 saturated heterocycles. The standard InChI is InChI=1S/C17H19ClN6O3/c18-15-9-12(24(26)27)3-4-14(15)17(25)20-6-5-19-16-10-13(11-21-22-16)23-7-1-2-8-23/h3-4,9-11H,1-2,5-8H2,(H,19,22)(H,20,25). The summed E-state index contributed by atoms with van der Waals surface area (Å²) in [5.41, 5.74) is 1.07. The molecule has 0 aliphatic carbocycles. The van der Waals surface area contributed by atoms with Gasteiger partial charge in [-0.15, -0.1) is 5.10 Å². The van der Waals surface area contributed by atoms with Crippen molar-refractivity contribution in [3.8, 4) is 0 Å². The molecule has 3 rings (SSSR count). The molecule has 0 radical (unpaired) electrons. The largest absolute Gasteiger partial charge is 0.370 e. The summed E-state index contributed by atoms with van der Waals surface area (Å²) in [7, 11) is 0. The first-order chi connectivity index (χ1) is 13.0. The van der Waals surface area contributed by atoms with Gasteiger partial charge in [-0.3, -0.25) is 14.9 Å². The Hall–Kier alpha value is -2.94. The van der Waals surface area contributed by atoms with E-state index in [1.54, 1.807) is 6.20 Å². The van der Waals surface area contributed by atoms with Crippen LogP contribution in [-0.2, 0) is 0 Å². The van der Waals surface area contributed by atoms with Crippen molar-refractivity contribution in [2.24, 2.45) is 0 Å². The fourth-order valence-corrected chi connectivity index (χ4v) is 3.12. The Morgan fingerprint density at radius 1 is 1.26 bits per heavy atom. The zero-order valence-corrected chi connectivity index (χ0v) is 15.3. The highest BCUT2D eigenvalue weighted by atomic mass is 35.5. The molecular formula is C17H19ClN6O3. The van der Waals surface area contributed by atoms with Gasteiger partial charge in [0.05, 0.1) is 27.4 Å². The van der Waals surface area contributed by atoms with E-state index in [1.807, 2.05) is 6.07 Å². The van der Waals surface area contributed by atoms with Crippen LogP contribution in [0.5, 0.6) is 0 Å². The predicted molar refractivity (Wildman–Crippen MR) is 102 cm³/mol.